The Morgan fingerprint density at radius 1 is 1.19 bits per heavy atom. The summed E-state index contributed by atoms with van der Waals surface area (Å²) in [6, 6.07) is 13.3. The number of nitrogens with zero attached hydrogens (tertiary/aromatic N) is 3. The summed E-state index contributed by atoms with van der Waals surface area (Å²) in [5.41, 5.74) is 3.04. The predicted octanol–water partition coefficient (Wildman–Crippen LogP) is 5.55. The monoisotopic (exact) mass is 506 g/mol. The van der Waals surface area contributed by atoms with Crippen LogP contribution in [0.1, 0.15) is 28.5 Å². The van der Waals surface area contributed by atoms with Gasteiger partial charge in [0.2, 0.25) is 16.9 Å². The molecule has 0 bridgehead atoms. The van der Waals surface area contributed by atoms with E-state index in [1.165, 1.54) is 23.1 Å². The zero-order valence-corrected chi connectivity index (χ0v) is 20.3. The summed E-state index contributed by atoms with van der Waals surface area (Å²) >= 11 is 14.7. The smallest absolute Gasteiger partial charge is 0.236 e. The van der Waals surface area contributed by atoms with Crippen molar-refractivity contribution in [3.05, 3.63) is 68.6 Å². The Kier molecular flexibility index (Phi) is 7.35. The minimum absolute atomic E-state index is 0.0315. The van der Waals surface area contributed by atoms with Crippen LogP contribution in [0.15, 0.2) is 42.5 Å². The average Bonchev–Trinajstić information content (AvgIpc) is 3.38. The van der Waals surface area contributed by atoms with E-state index in [1.54, 1.807) is 17.0 Å². The van der Waals surface area contributed by atoms with E-state index in [0.29, 0.717) is 33.9 Å². The van der Waals surface area contributed by atoms with E-state index < -0.39 is 0 Å². The molecule has 3 aromatic rings. The van der Waals surface area contributed by atoms with Gasteiger partial charge in [-0.1, -0.05) is 58.3 Å². The van der Waals surface area contributed by atoms with Gasteiger partial charge in [-0.25, -0.2) is 0 Å². The second-order valence-corrected chi connectivity index (χ2v) is 10.3. The SMILES string of the molecule is Cc1ccc(N2CC(c3nnc(NC(=O)CSCc4ccc(Cl)c(Cl)c4)s3)CC2=O)cc1. The number of carbonyl (C=O) groups excluding carboxylic acids is 2. The van der Waals surface area contributed by atoms with Crippen LogP contribution in [0.25, 0.3) is 0 Å². The van der Waals surface area contributed by atoms with Crippen LogP contribution in [-0.4, -0.2) is 34.3 Å². The molecule has 0 spiro atoms. The van der Waals surface area contributed by atoms with Crippen molar-refractivity contribution in [2.24, 2.45) is 0 Å². The van der Waals surface area contributed by atoms with Crippen LogP contribution in [0.5, 0.6) is 0 Å². The van der Waals surface area contributed by atoms with Crippen LogP contribution in [0, 0.1) is 6.92 Å². The molecule has 0 aliphatic carbocycles. The molecule has 1 N–H and O–H groups in total. The largest absolute Gasteiger partial charge is 0.312 e. The van der Waals surface area contributed by atoms with E-state index in [9.17, 15) is 9.59 Å². The molecule has 2 amide bonds. The number of hydrogen-bond donors (Lipinski definition) is 1. The first-order valence-corrected chi connectivity index (χ1v) is 12.6. The number of hydrogen-bond acceptors (Lipinski definition) is 6. The molecular weight excluding hydrogens is 487 g/mol. The van der Waals surface area contributed by atoms with E-state index in [-0.39, 0.29) is 23.5 Å². The van der Waals surface area contributed by atoms with E-state index in [2.05, 4.69) is 15.5 Å². The summed E-state index contributed by atoms with van der Waals surface area (Å²) < 4.78 is 0. The summed E-state index contributed by atoms with van der Waals surface area (Å²) in [7, 11) is 0. The number of amides is 2. The molecule has 166 valence electrons. The van der Waals surface area contributed by atoms with E-state index in [0.717, 1.165) is 21.8 Å². The third-order valence-corrected chi connectivity index (χ3v) is 7.74. The maximum absolute atomic E-state index is 12.5. The molecule has 1 aliphatic rings. The van der Waals surface area contributed by atoms with Crippen molar-refractivity contribution in [1.29, 1.82) is 0 Å². The van der Waals surface area contributed by atoms with E-state index in [4.69, 9.17) is 23.2 Å². The average molecular weight is 507 g/mol. The molecule has 2 heterocycles. The van der Waals surface area contributed by atoms with Crippen LogP contribution >= 0.6 is 46.3 Å². The fourth-order valence-corrected chi connectivity index (χ4v) is 5.29. The molecular formula is C22H20Cl2N4O2S2. The van der Waals surface area contributed by atoms with Crippen molar-refractivity contribution in [1.82, 2.24) is 10.2 Å². The Hall–Kier alpha value is -2.13. The molecule has 32 heavy (non-hydrogen) atoms. The molecule has 10 heteroatoms. The number of aryl methyl sites for hydroxylation is 1. The van der Waals surface area contributed by atoms with Gasteiger partial charge in [-0.15, -0.1) is 22.0 Å². The Morgan fingerprint density at radius 3 is 2.72 bits per heavy atom. The number of rotatable bonds is 7. The minimum atomic E-state index is -0.151. The number of thioether (sulfide) groups is 1. The fraction of sp³-hybridized carbons (Fsp3) is 0.273. The zero-order valence-electron chi connectivity index (χ0n) is 17.2. The number of anilines is 2. The van der Waals surface area contributed by atoms with Gasteiger partial charge in [0.05, 0.1) is 15.8 Å². The maximum atomic E-state index is 12.5. The maximum Gasteiger partial charge on any atom is 0.236 e. The Morgan fingerprint density at radius 2 is 1.97 bits per heavy atom. The normalized spacial score (nSPS) is 15.9. The van der Waals surface area contributed by atoms with Gasteiger partial charge < -0.3 is 4.90 Å². The first-order chi connectivity index (χ1) is 15.4. The van der Waals surface area contributed by atoms with Crippen LogP contribution in [0.4, 0.5) is 10.8 Å². The zero-order chi connectivity index (χ0) is 22.7. The summed E-state index contributed by atoms with van der Waals surface area (Å²) in [6.07, 6.45) is 0.385. The van der Waals surface area contributed by atoms with Crippen molar-refractivity contribution in [3.63, 3.8) is 0 Å². The molecule has 1 atom stereocenters. The lowest BCUT2D eigenvalue weighted by atomic mass is 10.1. The van der Waals surface area contributed by atoms with Gasteiger partial charge in [0.25, 0.3) is 0 Å². The van der Waals surface area contributed by atoms with Gasteiger partial charge in [-0.2, -0.15) is 0 Å². The topological polar surface area (TPSA) is 75.2 Å². The van der Waals surface area contributed by atoms with Crippen molar-refractivity contribution in [2.75, 3.05) is 22.5 Å². The quantitative estimate of drug-likeness (QED) is 0.454. The lowest BCUT2D eigenvalue weighted by Crippen LogP contribution is -2.24. The van der Waals surface area contributed by atoms with Crippen LogP contribution in [0.2, 0.25) is 10.0 Å². The number of halogens is 2. The molecule has 0 saturated carbocycles. The highest BCUT2D eigenvalue weighted by molar-refractivity contribution is 7.99. The minimum Gasteiger partial charge on any atom is -0.312 e. The molecule has 4 rings (SSSR count). The van der Waals surface area contributed by atoms with Crippen LogP contribution < -0.4 is 10.2 Å². The number of carbonyl (C=O) groups is 2. The molecule has 1 unspecified atom stereocenters. The highest BCUT2D eigenvalue weighted by Crippen LogP contribution is 2.34. The van der Waals surface area contributed by atoms with Crippen molar-refractivity contribution in [2.45, 2.75) is 25.0 Å². The Labute approximate surface area is 204 Å². The lowest BCUT2D eigenvalue weighted by molar-refractivity contribution is -0.117. The Balaban J connectivity index is 1.29. The fourth-order valence-electron chi connectivity index (χ4n) is 3.34. The van der Waals surface area contributed by atoms with E-state index in [1.807, 2.05) is 37.3 Å². The summed E-state index contributed by atoms with van der Waals surface area (Å²) in [6.45, 7) is 2.57. The molecule has 0 radical (unpaired) electrons. The molecule has 1 saturated heterocycles. The molecule has 1 aromatic heterocycles. The highest BCUT2D eigenvalue weighted by Gasteiger charge is 2.33. The Bertz CT molecular complexity index is 1140. The summed E-state index contributed by atoms with van der Waals surface area (Å²) in [5.74, 6) is 0.805. The molecule has 1 fully saturated rings. The third-order valence-electron chi connectivity index (χ3n) is 4.99. The van der Waals surface area contributed by atoms with Crippen molar-refractivity contribution >= 4 is 68.9 Å². The van der Waals surface area contributed by atoms with Crippen molar-refractivity contribution in [3.8, 4) is 0 Å². The molecule has 6 nitrogen and oxygen atoms in total. The standard InChI is InChI=1S/C22H20Cl2N4O2S2/c1-13-2-5-16(6-3-13)28-10-15(9-20(28)30)21-26-27-22(32-21)25-19(29)12-31-11-14-4-7-17(23)18(24)8-14/h2-8,15H,9-12H2,1H3,(H,25,27,29). The van der Waals surface area contributed by atoms with Gasteiger partial charge in [0.15, 0.2) is 0 Å². The molecule has 1 aliphatic heterocycles. The predicted molar refractivity (Wildman–Crippen MR) is 132 cm³/mol. The highest BCUT2D eigenvalue weighted by atomic mass is 35.5. The van der Waals surface area contributed by atoms with Crippen molar-refractivity contribution < 1.29 is 9.59 Å². The van der Waals surface area contributed by atoms with Gasteiger partial charge in [-0.05, 0) is 36.8 Å². The summed E-state index contributed by atoms with van der Waals surface area (Å²) in [5, 5.41) is 13.3. The van der Waals surface area contributed by atoms with Gasteiger partial charge >= 0.3 is 0 Å². The van der Waals surface area contributed by atoms with Gasteiger partial charge in [-0.3, -0.25) is 14.9 Å². The summed E-state index contributed by atoms with van der Waals surface area (Å²) in [4.78, 5) is 26.5. The molecule has 2 aromatic carbocycles. The lowest BCUT2D eigenvalue weighted by Gasteiger charge is -2.16. The second-order valence-electron chi connectivity index (χ2n) is 7.48. The van der Waals surface area contributed by atoms with Gasteiger partial charge in [0.1, 0.15) is 5.01 Å². The number of benzene rings is 2. The van der Waals surface area contributed by atoms with Gasteiger partial charge in [0, 0.05) is 30.3 Å². The van der Waals surface area contributed by atoms with Crippen LogP contribution in [-0.2, 0) is 15.3 Å². The van der Waals surface area contributed by atoms with Crippen LogP contribution in [0.3, 0.4) is 0 Å². The first kappa shape index (κ1) is 23.0. The first-order valence-electron chi connectivity index (χ1n) is 9.91. The third kappa shape index (κ3) is 5.61. The number of aromatic nitrogens is 2. The second kappa shape index (κ2) is 10.2. The number of nitrogens with one attached hydrogen (secondary N) is 1. The van der Waals surface area contributed by atoms with E-state index >= 15 is 0 Å².